The summed E-state index contributed by atoms with van der Waals surface area (Å²) in [6, 6.07) is 0. The molecular formula is C8H18S2. The normalized spacial score (nSPS) is 18.6. The van der Waals surface area contributed by atoms with Crippen LogP contribution in [-0.2, 0) is 0 Å². The Hall–Kier alpha value is 0.700. The molecule has 0 aliphatic carbocycles. The SMILES string of the molecule is CC(S)C(CS)C(C)(C)C. The van der Waals surface area contributed by atoms with E-state index in [4.69, 9.17) is 0 Å². The summed E-state index contributed by atoms with van der Waals surface area (Å²) in [7, 11) is 0. The lowest BCUT2D eigenvalue weighted by Gasteiger charge is -2.31. The molecule has 0 fully saturated rings. The lowest BCUT2D eigenvalue weighted by atomic mass is 9.80. The van der Waals surface area contributed by atoms with Gasteiger partial charge in [-0.25, -0.2) is 0 Å². The summed E-state index contributed by atoms with van der Waals surface area (Å²) >= 11 is 8.72. The average molecular weight is 178 g/mol. The van der Waals surface area contributed by atoms with Crippen molar-refractivity contribution in [2.45, 2.75) is 32.9 Å². The van der Waals surface area contributed by atoms with Gasteiger partial charge in [0.1, 0.15) is 0 Å². The molecule has 0 spiro atoms. The molecule has 0 N–H and O–H groups in total. The van der Waals surface area contributed by atoms with Gasteiger partial charge in [-0.2, -0.15) is 25.3 Å². The van der Waals surface area contributed by atoms with Gasteiger partial charge in [0.25, 0.3) is 0 Å². The maximum atomic E-state index is 4.42. The van der Waals surface area contributed by atoms with Crippen molar-refractivity contribution in [2.75, 3.05) is 5.75 Å². The van der Waals surface area contributed by atoms with Gasteiger partial charge < -0.3 is 0 Å². The Morgan fingerprint density at radius 1 is 1.30 bits per heavy atom. The van der Waals surface area contributed by atoms with E-state index in [-0.39, 0.29) is 0 Å². The molecule has 0 aromatic carbocycles. The number of hydrogen-bond donors (Lipinski definition) is 2. The minimum atomic E-state index is 0.336. The van der Waals surface area contributed by atoms with Crippen molar-refractivity contribution in [3.63, 3.8) is 0 Å². The van der Waals surface area contributed by atoms with Crippen molar-refractivity contribution < 1.29 is 0 Å². The first kappa shape index (κ1) is 10.7. The monoisotopic (exact) mass is 178 g/mol. The van der Waals surface area contributed by atoms with Crippen LogP contribution in [0.15, 0.2) is 0 Å². The second kappa shape index (κ2) is 3.91. The molecule has 2 atom stereocenters. The molecule has 0 rings (SSSR count). The Labute approximate surface area is 75.6 Å². The molecule has 62 valence electrons. The van der Waals surface area contributed by atoms with Crippen molar-refractivity contribution in [3.05, 3.63) is 0 Å². The number of thiol groups is 2. The molecule has 0 radical (unpaired) electrons. The van der Waals surface area contributed by atoms with Gasteiger partial charge in [-0.1, -0.05) is 27.7 Å². The summed E-state index contributed by atoms with van der Waals surface area (Å²) in [5, 5.41) is 0.442. The van der Waals surface area contributed by atoms with Gasteiger partial charge >= 0.3 is 0 Å². The standard InChI is InChI=1S/C8H18S2/c1-6(10)7(5-9)8(2,3)4/h6-7,9-10H,5H2,1-4H3. The zero-order valence-electron chi connectivity index (χ0n) is 7.26. The van der Waals surface area contributed by atoms with Crippen LogP contribution in [0.5, 0.6) is 0 Å². The molecule has 0 nitrogen and oxygen atoms in total. The molecule has 0 heterocycles. The van der Waals surface area contributed by atoms with E-state index in [1.807, 2.05) is 0 Å². The molecular weight excluding hydrogens is 160 g/mol. The summed E-state index contributed by atoms with van der Waals surface area (Å²) in [6.45, 7) is 8.84. The second-order valence-electron chi connectivity index (χ2n) is 3.90. The molecule has 0 aromatic rings. The van der Waals surface area contributed by atoms with Crippen LogP contribution >= 0.6 is 25.3 Å². The van der Waals surface area contributed by atoms with Gasteiger partial charge in [-0.15, -0.1) is 0 Å². The summed E-state index contributed by atoms with van der Waals surface area (Å²) in [5.74, 6) is 1.52. The summed E-state index contributed by atoms with van der Waals surface area (Å²) < 4.78 is 0. The van der Waals surface area contributed by atoms with Crippen LogP contribution in [0.2, 0.25) is 0 Å². The van der Waals surface area contributed by atoms with Gasteiger partial charge in [0.15, 0.2) is 0 Å². The van der Waals surface area contributed by atoms with Crippen molar-refractivity contribution in [1.29, 1.82) is 0 Å². The molecule has 0 saturated heterocycles. The van der Waals surface area contributed by atoms with Gasteiger partial charge in [0.2, 0.25) is 0 Å². The van der Waals surface area contributed by atoms with Crippen LogP contribution < -0.4 is 0 Å². The minimum absolute atomic E-state index is 0.336. The predicted octanol–water partition coefficient (Wildman–Crippen LogP) is 2.90. The third-order valence-electron chi connectivity index (χ3n) is 1.89. The van der Waals surface area contributed by atoms with Gasteiger partial charge in [-0.3, -0.25) is 0 Å². The van der Waals surface area contributed by atoms with Gasteiger partial charge in [0.05, 0.1) is 0 Å². The van der Waals surface area contributed by atoms with E-state index in [1.165, 1.54) is 0 Å². The molecule has 2 unspecified atom stereocenters. The third-order valence-corrected chi connectivity index (χ3v) is 2.64. The van der Waals surface area contributed by atoms with E-state index < -0.39 is 0 Å². The lowest BCUT2D eigenvalue weighted by Crippen LogP contribution is -2.28. The van der Waals surface area contributed by atoms with E-state index in [9.17, 15) is 0 Å². The number of hydrogen-bond acceptors (Lipinski definition) is 2. The smallest absolute Gasteiger partial charge is 0.00295 e. The quantitative estimate of drug-likeness (QED) is 0.597. The highest BCUT2D eigenvalue weighted by Crippen LogP contribution is 2.31. The van der Waals surface area contributed by atoms with Crippen molar-refractivity contribution >= 4 is 25.3 Å². The first-order valence-corrected chi connectivity index (χ1v) is 4.83. The molecule has 2 heteroatoms. The first-order chi connectivity index (χ1) is 4.39. The first-order valence-electron chi connectivity index (χ1n) is 3.68. The second-order valence-corrected chi connectivity index (χ2v) is 5.08. The average Bonchev–Trinajstić information content (AvgIpc) is 1.60. The highest BCUT2D eigenvalue weighted by Gasteiger charge is 2.26. The maximum Gasteiger partial charge on any atom is 0.00295 e. The van der Waals surface area contributed by atoms with Gasteiger partial charge in [0, 0.05) is 5.25 Å². The Kier molecular flexibility index (Phi) is 4.19. The molecule has 0 saturated carbocycles. The van der Waals surface area contributed by atoms with Crippen molar-refractivity contribution in [2.24, 2.45) is 11.3 Å². The van der Waals surface area contributed by atoms with Crippen LogP contribution in [-0.4, -0.2) is 11.0 Å². The van der Waals surface area contributed by atoms with E-state index in [2.05, 4.69) is 53.0 Å². The van der Waals surface area contributed by atoms with E-state index in [0.717, 1.165) is 5.75 Å². The van der Waals surface area contributed by atoms with E-state index in [1.54, 1.807) is 0 Å². The Bertz CT molecular complexity index is 91.9. The van der Waals surface area contributed by atoms with Crippen LogP contribution in [0, 0.1) is 11.3 Å². The highest BCUT2D eigenvalue weighted by atomic mass is 32.1. The van der Waals surface area contributed by atoms with Crippen molar-refractivity contribution in [1.82, 2.24) is 0 Å². The predicted molar refractivity (Wildman–Crippen MR) is 55.2 cm³/mol. The summed E-state index contributed by atoms with van der Waals surface area (Å²) in [6.07, 6.45) is 0. The van der Waals surface area contributed by atoms with Crippen LogP contribution in [0.3, 0.4) is 0 Å². The lowest BCUT2D eigenvalue weighted by molar-refractivity contribution is 0.267. The van der Waals surface area contributed by atoms with Gasteiger partial charge in [-0.05, 0) is 17.1 Å². The molecule has 0 aliphatic rings. The Morgan fingerprint density at radius 3 is 1.70 bits per heavy atom. The molecule has 10 heavy (non-hydrogen) atoms. The van der Waals surface area contributed by atoms with Crippen LogP contribution in [0.4, 0.5) is 0 Å². The Balaban J connectivity index is 4.07. The summed E-state index contributed by atoms with van der Waals surface area (Å²) in [5.41, 5.74) is 0.336. The molecule has 0 aromatic heterocycles. The highest BCUT2D eigenvalue weighted by molar-refractivity contribution is 7.81. The van der Waals surface area contributed by atoms with Crippen LogP contribution in [0.25, 0.3) is 0 Å². The minimum Gasteiger partial charge on any atom is -0.179 e. The van der Waals surface area contributed by atoms with Crippen LogP contribution in [0.1, 0.15) is 27.7 Å². The van der Waals surface area contributed by atoms with Crippen molar-refractivity contribution in [3.8, 4) is 0 Å². The third kappa shape index (κ3) is 3.20. The zero-order chi connectivity index (χ0) is 8.36. The fourth-order valence-corrected chi connectivity index (χ4v) is 2.73. The zero-order valence-corrected chi connectivity index (χ0v) is 9.05. The summed E-state index contributed by atoms with van der Waals surface area (Å²) in [4.78, 5) is 0. The van der Waals surface area contributed by atoms with E-state index >= 15 is 0 Å². The molecule has 0 bridgehead atoms. The van der Waals surface area contributed by atoms with E-state index in [0.29, 0.717) is 16.6 Å². The number of rotatable bonds is 2. The molecule has 0 aliphatic heterocycles. The maximum absolute atomic E-state index is 4.42. The largest absolute Gasteiger partial charge is 0.179 e. The Morgan fingerprint density at radius 2 is 1.70 bits per heavy atom. The fourth-order valence-electron chi connectivity index (χ4n) is 1.15. The fraction of sp³-hybridized carbons (Fsp3) is 1.00. The topological polar surface area (TPSA) is 0 Å². The molecule has 0 amide bonds.